The van der Waals surface area contributed by atoms with Crippen molar-refractivity contribution in [2.75, 3.05) is 13.2 Å². The second-order valence-corrected chi connectivity index (χ2v) is 9.60. The molecule has 1 amide bonds. The van der Waals surface area contributed by atoms with Crippen molar-refractivity contribution in [1.29, 1.82) is 0 Å². The summed E-state index contributed by atoms with van der Waals surface area (Å²) in [5, 5.41) is 12.9. The number of aliphatic hydroxyl groups excluding tert-OH is 1. The van der Waals surface area contributed by atoms with E-state index < -0.39 is 20.0 Å². The molecule has 0 radical (unpaired) electrons. The molecule has 0 aliphatic carbocycles. The van der Waals surface area contributed by atoms with E-state index in [1.54, 1.807) is 6.08 Å². The summed E-state index contributed by atoms with van der Waals surface area (Å²) in [7, 11) is -4.19. The molecular weight excluding hydrogens is 417 g/mol. The van der Waals surface area contributed by atoms with Crippen molar-refractivity contribution in [3.05, 3.63) is 12.2 Å². The van der Waals surface area contributed by atoms with Crippen LogP contribution in [0.3, 0.4) is 0 Å². The minimum absolute atomic E-state index is 0.0972. The van der Waals surface area contributed by atoms with Crippen LogP contribution in [0.25, 0.3) is 0 Å². The van der Waals surface area contributed by atoms with Crippen LogP contribution in [0, 0.1) is 0 Å². The number of amides is 1. The zero-order valence-corrected chi connectivity index (χ0v) is 20.8. The van der Waals surface area contributed by atoms with E-state index in [1.165, 1.54) is 64.7 Å². The van der Waals surface area contributed by atoms with Gasteiger partial charge in [0.2, 0.25) is 5.91 Å². The van der Waals surface area contributed by atoms with Crippen LogP contribution in [0.2, 0.25) is 0 Å². The molecule has 0 aromatic rings. The Kier molecular flexibility index (Phi) is 19.5. The van der Waals surface area contributed by atoms with E-state index in [0.29, 0.717) is 6.42 Å². The Bertz CT molecular complexity index is 514. The van der Waals surface area contributed by atoms with E-state index in [9.17, 15) is 19.4 Å². The monoisotopic (exact) mass is 463 g/mol. The fourth-order valence-electron chi connectivity index (χ4n) is 3.20. The summed E-state index contributed by atoms with van der Waals surface area (Å²) in [5.74, 6) is -0.353. The van der Waals surface area contributed by atoms with Gasteiger partial charge in [0.25, 0.3) is 0 Å². The third kappa shape index (κ3) is 19.7. The number of hydrogen-bond acceptors (Lipinski definition) is 5. The number of carbonyl (C=O) groups is 1. The highest BCUT2D eigenvalue weighted by atomic mass is 31.2. The summed E-state index contributed by atoms with van der Waals surface area (Å²) in [6.45, 7) is 5.15. The Morgan fingerprint density at radius 2 is 1.48 bits per heavy atom. The van der Waals surface area contributed by atoms with Crippen molar-refractivity contribution in [2.45, 2.75) is 116 Å². The summed E-state index contributed by atoms with van der Waals surface area (Å²) in [6, 6.07) is -0.822. The Hall–Kier alpha value is -0.720. The highest BCUT2D eigenvalue weighted by molar-refractivity contribution is 7.47. The third-order valence-electron chi connectivity index (χ3n) is 4.98. The van der Waals surface area contributed by atoms with Gasteiger partial charge < -0.3 is 15.3 Å². The summed E-state index contributed by atoms with van der Waals surface area (Å²) in [6.07, 6.45) is 18.0. The van der Waals surface area contributed by atoms with E-state index in [4.69, 9.17) is 9.05 Å². The van der Waals surface area contributed by atoms with Crippen LogP contribution in [0.15, 0.2) is 12.2 Å². The van der Waals surface area contributed by atoms with Gasteiger partial charge in [-0.1, -0.05) is 90.2 Å². The van der Waals surface area contributed by atoms with Gasteiger partial charge in [0.1, 0.15) is 0 Å². The average molecular weight is 464 g/mol. The summed E-state index contributed by atoms with van der Waals surface area (Å²) >= 11 is 0. The molecule has 0 rings (SSSR count). The molecule has 3 N–H and O–H groups in total. The Morgan fingerprint density at radius 1 is 0.935 bits per heavy atom. The first-order valence-electron chi connectivity index (χ1n) is 12.1. The van der Waals surface area contributed by atoms with Crippen LogP contribution < -0.4 is 5.32 Å². The SMILES string of the molecule is CCCCCCCCCCCCC/C=C/[C@@H](O)C(COP(=O)(O)OCCC)NC(C)=O. The summed E-state index contributed by atoms with van der Waals surface area (Å²) < 4.78 is 21.5. The second kappa shape index (κ2) is 19.9. The largest absolute Gasteiger partial charge is 0.472 e. The number of hydrogen-bond donors (Lipinski definition) is 3. The van der Waals surface area contributed by atoms with Gasteiger partial charge in [-0.3, -0.25) is 13.8 Å². The van der Waals surface area contributed by atoms with E-state index in [0.717, 1.165) is 19.3 Å². The van der Waals surface area contributed by atoms with E-state index in [2.05, 4.69) is 12.2 Å². The topological polar surface area (TPSA) is 105 Å². The van der Waals surface area contributed by atoms with Gasteiger partial charge in [0.15, 0.2) is 0 Å². The smallest absolute Gasteiger partial charge is 0.387 e. The van der Waals surface area contributed by atoms with Crippen molar-refractivity contribution in [3.8, 4) is 0 Å². The molecule has 2 unspecified atom stereocenters. The summed E-state index contributed by atoms with van der Waals surface area (Å²) in [5.41, 5.74) is 0. The molecule has 0 saturated heterocycles. The molecule has 31 heavy (non-hydrogen) atoms. The van der Waals surface area contributed by atoms with Gasteiger partial charge in [0.05, 0.1) is 25.4 Å². The molecule has 0 aliphatic rings. The van der Waals surface area contributed by atoms with Gasteiger partial charge in [-0.15, -0.1) is 0 Å². The molecule has 0 aliphatic heterocycles. The maximum absolute atomic E-state index is 11.8. The van der Waals surface area contributed by atoms with Crippen LogP contribution in [-0.4, -0.2) is 41.3 Å². The number of phosphoric ester groups is 1. The molecular formula is C23H46NO6P. The number of unbranched alkanes of at least 4 members (excludes halogenated alkanes) is 11. The molecule has 8 heteroatoms. The van der Waals surface area contributed by atoms with Gasteiger partial charge in [-0.25, -0.2) is 4.57 Å². The number of phosphoric acid groups is 1. The van der Waals surface area contributed by atoms with Crippen molar-refractivity contribution >= 4 is 13.7 Å². The van der Waals surface area contributed by atoms with Crippen molar-refractivity contribution < 1.29 is 28.4 Å². The van der Waals surface area contributed by atoms with E-state index >= 15 is 0 Å². The lowest BCUT2D eigenvalue weighted by molar-refractivity contribution is -0.120. The number of nitrogens with one attached hydrogen (secondary N) is 1. The van der Waals surface area contributed by atoms with E-state index in [-0.39, 0.29) is 19.1 Å². The standard InChI is InChI=1S/C23H46NO6P/c1-4-6-7-8-9-10-11-12-13-14-15-16-17-18-23(26)22(24-21(3)25)20-30-31(27,28)29-19-5-2/h17-18,22-23,26H,4-16,19-20H2,1-3H3,(H,24,25)(H,27,28)/b18-17+/t22?,23-/m1/s1. The first-order chi connectivity index (χ1) is 14.8. The van der Waals surface area contributed by atoms with Gasteiger partial charge >= 0.3 is 7.82 Å². The zero-order chi connectivity index (χ0) is 23.4. The molecule has 7 nitrogen and oxygen atoms in total. The number of rotatable bonds is 21. The second-order valence-electron chi connectivity index (χ2n) is 8.15. The first kappa shape index (κ1) is 30.3. The van der Waals surface area contributed by atoms with Crippen LogP contribution >= 0.6 is 7.82 Å². The number of allylic oxidation sites excluding steroid dienone is 1. The molecule has 0 heterocycles. The van der Waals surface area contributed by atoms with Gasteiger partial charge in [0, 0.05) is 6.92 Å². The first-order valence-corrected chi connectivity index (χ1v) is 13.6. The van der Waals surface area contributed by atoms with Crippen LogP contribution in [0.1, 0.15) is 104 Å². The van der Waals surface area contributed by atoms with Crippen LogP contribution in [-0.2, 0) is 18.4 Å². The van der Waals surface area contributed by atoms with Crippen LogP contribution in [0.5, 0.6) is 0 Å². The third-order valence-corrected chi connectivity index (χ3v) is 5.97. The normalized spacial score (nSPS) is 15.6. The number of carbonyl (C=O) groups excluding carboxylic acids is 1. The van der Waals surface area contributed by atoms with Gasteiger partial charge in [-0.05, 0) is 19.3 Å². The Morgan fingerprint density at radius 3 is 2.00 bits per heavy atom. The maximum Gasteiger partial charge on any atom is 0.472 e. The Balaban J connectivity index is 4.03. The van der Waals surface area contributed by atoms with E-state index in [1.807, 2.05) is 13.0 Å². The van der Waals surface area contributed by atoms with Crippen molar-refractivity contribution in [3.63, 3.8) is 0 Å². The number of aliphatic hydroxyl groups is 1. The van der Waals surface area contributed by atoms with Crippen molar-refractivity contribution in [2.24, 2.45) is 0 Å². The minimum Gasteiger partial charge on any atom is -0.387 e. The Labute approximate surface area is 189 Å². The van der Waals surface area contributed by atoms with Crippen molar-refractivity contribution in [1.82, 2.24) is 5.32 Å². The highest BCUT2D eigenvalue weighted by Crippen LogP contribution is 2.43. The average Bonchev–Trinajstić information content (AvgIpc) is 2.72. The molecule has 0 aromatic carbocycles. The molecule has 0 spiro atoms. The molecule has 0 saturated carbocycles. The molecule has 3 atom stereocenters. The lowest BCUT2D eigenvalue weighted by atomic mass is 10.0. The maximum atomic E-state index is 11.8. The molecule has 0 aromatic heterocycles. The lowest BCUT2D eigenvalue weighted by Crippen LogP contribution is -2.44. The summed E-state index contributed by atoms with van der Waals surface area (Å²) in [4.78, 5) is 21.0. The molecule has 184 valence electrons. The molecule has 0 fully saturated rings. The predicted molar refractivity (Wildman–Crippen MR) is 126 cm³/mol. The van der Waals surface area contributed by atoms with Crippen LogP contribution in [0.4, 0.5) is 0 Å². The molecule has 0 bridgehead atoms. The van der Waals surface area contributed by atoms with Gasteiger partial charge in [-0.2, -0.15) is 0 Å². The minimum atomic E-state index is -4.19. The highest BCUT2D eigenvalue weighted by Gasteiger charge is 2.26. The lowest BCUT2D eigenvalue weighted by Gasteiger charge is -2.22. The quantitative estimate of drug-likeness (QED) is 0.115. The fourth-order valence-corrected chi connectivity index (χ4v) is 4.04. The fraction of sp³-hybridized carbons (Fsp3) is 0.870. The zero-order valence-electron chi connectivity index (χ0n) is 19.9. The predicted octanol–water partition coefficient (Wildman–Crippen LogP) is 5.65.